The first kappa shape index (κ1) is 12.5. The summed E-state index contributed by atoms with van der Waals surface area (Å²) in [6, 6.07) is 0. The van der Waals surface area contributed by atoms with Gasteiger partial charge in [-0.15, -0.1) is 0 Å². The van der Waals surface area contributed by atoms with E-state index in [0.29, 0.717) is 0 Å². The Labute approximate surface area is 92.1 Å². The van der Waals surface area contributed by atoms with Crippen LogP contribution in [0.2, 0.25) is 0 Å². The van der Waals surface area contributed by atoms with E-state index in [2.05, 4.69) is 25.7 Å². The average Bonchev–Trinajstić information content (AvgIpc) is 2.63. The second kappa shape index (κ2) is 4.49. The molecule has 1 fully saturated rings. The molecule has 1 saturated heterocycles. The average molecular weight is 214 g/mol. The smallest absolute Gasteiger partial charge is 0.250 e. The van der Waals surface area contributed by atoms with Crippen molar-refractivity contribution in [1.82, 2.24) is 9.96 Å². The van der Waals surface area contributed by atoms with Gasteiger partial charge in [0.2, 0.25) is 5.91 Å². The molecular formula is C11H22N2O2. The van der Waals surface area contributed by atoms with Crippen LogP contribution < -0.4 is 0 Å². The third kappa shape index (κ3) is 2.92. The molecule has 4 heteroatoms. The van der Waals surface area contributed by atoms with E-state index in [-0.39, 0.29) is 17.4 Å². The molecule has 0 radical (unpaired) electrons. The number of likely N-dealkylation sites (tertiary alicyclic amines) is 1. The van der Waals surface area contributed by atoms with Crippen molar-refractivity contribution >= 4 is 5.91 Å². The lowest BCUT2D eigenvalue weighted by atomic mass is 10.1. The molecule has 0 spiro atoms. The van der Waals surface area contributed by atoms with Crippen LogP contribution in [0.3, 0.4) is 0 Å². The summed E-state index contributed by atoms with van der Waals surface area (Å²) in [5.41, 5.74) is 0.153. The number of carbonyl (C=O) groups excluding carboxylic acids is 1. The van der Waals surface area contributed by atoms with Gasteiger partial charge in [0, 0.05) is 19.1 Å². The Morgan fingerprint density at radius 2 is 2.07 bits per heavy atom. The largest absolute Gasteiger partial charge is 0.298 e. The summed E-state index contributed by atoms with van der Waals surface area (Å²) in [6.07, 6.45) is 0.934. The SMILES string of the molecule is CON(C)C(=O)C1CCN(C(C)(C)C)C1. The third-order valence-electron chi connectivity index (χ3n) is 3.07. The van der Waals surface area contributed by atoms with E-state index in [1.165, 1.54) is 12.2 Å². The minimum Gasteiger partial charge on any atom is -0.298 e. The van der Waals surface area contributed by atoms with Crippen LogP contribution in [0, 0.1) is 5.92 Å². The van der Waals surface area contributed by atoms with Gasteiger partial charge in [-0.1, -0.05) is 0 Å². The Morgan fingerprint density at radius 3 is 2.47 bits per heavy atom. The molecule has 1 amide bonds. The summed E-state index contributed by atoms with van der Waals surface area (Å²) < 4.78 is 0. The Kier molecular flexibility index (Phi) is 3.73. The first-order valence-electron chi connectivity index (χ1n) is 5.43. The fourth-order valence-corrected chi connectivity index (χ4v) is 1.92. The molecule has 1 rings (SSSR count). The molecule has 1 aliphatic heterocycles. The summed E-state index contributed by atoms with van der Waals surface area (Å²) in [5, 5.41) is 1.33. The van der Waals surface area contributed by atoms with Crippen LogP contribution in [0.5, 0.6) is 0 Å². The normalized spacial score (nSPS) is 23.1. The quantitative estimate of drug-likeness (QED) is 0.646. The van der Waals surface area contributed by atoms with Crippen LogP contribution in [-0.4, -0.2) is 48.7 Å². The highest BCUT2D eigenvalue weighted by Gasteiger charge is 2.35. The van der Waals surface area contributed by atoms with E-state index in [9.17, 15) is 4.79 Å². The zero-order chi connectivity index (χ0) is 11.6. The number of carbonyl (C=O) groups is 1. The molecule has 0 bridgehead atoms. The maximum absolute atomic E-state index is 11.8. The van der Waals surface area contributed by atoms with Crippen molar-refractivity contribution < 1.29 is 9.63 Å². The Bertz CT molecular complexity index is 235. The summed E-state index contributed by atoms with van der Waals surface area (Å²) in [5.74, 6) is 0.179. The lowest BCUT2D eigenvalue weighted by Gasteiger charge is -2.31. The predicted molar refractivity (Wildman–Crippen MR) is 59.2 cm³/mol. The number of hydroxylamine groups is 2. The second-order valence-corrected chi connectivity index (χ2v) is 5.12. The van der Waals surface area contributed by atoms with Crippen LogP contribution in [0.1, 0.15) is 27.2 Å². The molecule has 1 atom stereocenters. The molecule has 1 unspecified atom stereocenters. The van der Waals surface area contributed by atoms with Gasteiger partial charge in [-0.05, 0) is 33.7 Å². The van der Waals surface area contributed by atoms with Gasteiger partial charge in [0.1, 0.15) is 0 Å². The Balaban J connectivity index is 2.53. The van der Waals surface area contributed by atoms with Crippen molar-refractivity contribution in [1.29, 1.82) is 0 Å². The molecule has 0 aliphatic carbocycles. The zero-order valence-corrected chi connectivity index (χ0v) is 10.4. The minimum absolute atomic E-state index is 0.0873. The van der Waals surface area contributed by atoms with Crippen LogP contribution >= 0.6 is 0 Å². The first-order valence-corrected chi connectivity index (χ1v) is 5.43. The topological polar surface area (TPSA) is 32.8 Å². The van der Waals surface area contributed by atoms with Crippen molar-refractivity contribution in [2.45, 2.75) is 32.7 Å². The van der Waals surface area contributed by atoms with E-state index < -0.39 is 0 Å². The number of hydrogen-bond donors (Lipinski definition) is 0. The van der Waals surface area contributed by atoms with Crippen LogP contribution in [0.25, 0.3) is 0 Å². The monoisotopic (exact) mass is 214 g/mol. The van der Waals surface area contributed by atoms with E-state index in [1.807, 2.05) is 0 Å². The number of rotatable bonds is 2. The van der Waals surface area contributed by atoms with E-state index in [1.54, 1.807) is 7.05 Å². The summed E-state index contributed by atoms with van der Waals surface area (Å²) >= 11 is 0. The summed E-state index contributed by atoms with van der Waals surface area (Å²) in [6.45, 7) is 8.38. The molecule has 0 aromatic rings. The summed E-state index contributed by atoms with van der Waals surface area (Å²) in [7, 11) is 3.19. The van der Waals surface area contributed by atoms with E-state index in [0.717, 1.165) is 19.5 Å². The maximum atomic E-state index is 11.8. The fourth-order valence-electron chi connectivity index (χ4n) is 1.92. The maximum Gasteiger partial charge on any atom is 0.250 e. The van der Waals surface area contributed by atoms with Gasteiger partial charge < -0.3 is 0 Å². The van der Waals surface area contributed by atoms with Gasteiger partial charge in [-0.3, -0.25) is 14.5 Å². The number of hydrogen-bond acceptors (Lipinski definition) is 3. The standard InChI is InChI=1S/C11H22N2O2/c1-11(2,3)13-7-6-9(8-13)10(14)12(4)15-5/h9H,6-8H2,1-5H3. The van der Waals surface area contributed by atoms with Gasteiger partial charge in [0.15, 0.2) is 0 Å². The van der Waals surface area contributed by atoms with Crippen LogP contribution in [-0.2, 0) is 9.63 Å². The lowest BCUT2D eigenvalue weighted by molar-refractivity contribution is -0.173. The molecule has 4 nitrogen and oxygen atoms in total. The van der Waals surface area contributed by atoms with Crippen molar-refractivity contribution in [3.8, 4) is 0 Å². The second-order valence-electron chi connectivity index (χ2n) is 5.12. The van der Waals surface area contributed by atoms with Gasteiger partial charge in [-0.2, -0.15) is 0 Å². The van der Waals surface area contributed by atoms with Crippen molar-refractivity contribution in [3.63, 3.8) is 0 Å². The molecular weight excluding hydrogens is 192 g/mol. The van der Waals surface area contributed by atoms with Crippen LogP contribution in [0.4, 0.5) is 0 Å². The Hall–Kier alpha value is -0.610. The van der Waals surface area contributed by atoms with Crippen molar-refractivity contribution in [2.24, 2.45) is 5.92 Å². The lowest BCUT2D eigenvalue weighted by Crippen LogP contribution is -2.41. The highest BCUT2D eigenvalue weighted by molar-refractivity contribution is 5.78. The summed E-state index contributed by atoms with van der Waals surface area (Å²) in [4.78, 5) is 19.1. The predicted octanol–water partition coefficient (Wildman–Crippen LogP) is 1.13. The highest BCUT2D eigenvalue weighted by Crippen LogP contribution is 2.25. The van der Waals surface area contributed by atoms with Gasteiger partial charge in [0.05, 0.1) is 13.0 Å². The van der Waals surface area contributed by atoms with E-state index >= 15 is 0 Å². The first-order chi connectivity index (χ1) is 6.86. The van der Waals surface area contributed by atoms with Gasteiger partial charge >= 0.3 is 0 Å². The zero-order valence-electron chi connectivity index (χ0n) is 10.4. The van der Waals surface area contributed by atoms with Gasteiger partial charge in [-0.25, -0.2) is 5.06 Å². The molecule has 0 aromatic heterocycles. The molecule has 1 aliphatic rings. The molecule has 0 saturated carbocycles. The molecule has 0 aromatic carbocycles. The van der Waals surface area contributed by atoms with Crippen molar-refractivity contribution in [3.05, 3.63) is 0 Å². The van der Waals surface area contributed by atoms with E-state index in [4.69, 9.17) is 4.84 Å². The van der Waals surface area contributed by atoms with Gasteiger partial charge in [0.25, 0.3) is 0 Å². The molecule has 88 valence electrons. The Morgan fingerprint density at radius 1 is 1.47 bits per heavy atom. The molecule has 0 N–H and O–H groups in total. The van der Waals surface area contributed by atoms with Crippen molar-refractivity contribution in [2.75, 3.05) is 27.2 Å². The third-order valence-corrected chi connectivity index (χ3v) is 3.07. The fraction of sp³-hybridized carbons (Fsp3) is 0.909. The molecule has 15 heavy (non-hydrogen) atoms. The number of amides is 1. The molecule has 1 heterocycles. The highest BCUT2D eigenvalue weighted by atomic mass is 16.7. The van der Waals surface area contributed by atoms with Crippen LogP contribution in [0.15, 0.2) is 0 Å². The number of nitrogens with zero attached hydrogens (tertiary/aromatic N) is 2. The minimum atomic E-state index is 0.0873.